The summed E-state index contributed by atoms with van der Waals surface area (Å²) in [6.07, 6.45) is 6.30. The van der Waals surface area contributed by atoms with Crippen molar-refractivity contribution in [2.75, 3.05) is 36.4 Å². The monoisotopic (exact) mass is 380 g/mol. The normalized spacial score (nSPS) is 17.8. The summed E-state index contributed by atoms with van der Waals surface area (Å²) in [5.74, 6) is 3.74. The number of hydrogen-bond donors (Lipinski definition) is 1. The van der Waals surface area contributed by atoms with Crippen LogP contribution >= 0.6 is 0 Å². The van der Waals surface area contributed by atoms with E-state index in [1.165, 1.54) is 12.8 Å². The maximum atomic E-state index is 12.6. The van der Waals surface area contributed by atoms with Gasteiger partial charge in [0.15, 0.2) is 0 Å². The van der Waals surface area contributed by atoms with Gasteiger partial charge in [-0.3, -0.25) is 4.79 Å². The number of aryl methyl sites for hydroxylation is 2. The number of nitrogens with zero attached hydrogens (tertiary/aromatic N) is 5. The van der Waals surface area contributed by atoms with E-state index in [0.717, 1.165) is 67.9 Å². The zero-order valence-corrected chi connectivity index (χ0v) is 16.7. The maximum Gasteiger partial charge on any atom is 0.225 e. The molecule has 7 nitrogen and oxygen atoms in total. The predicted molar refractivity (Wildman–Crippen MR) is 110 cm³/mol. The fourth-order valence-corrected chi connectivity index (χ4v) is 4.10. The summed E-state index contributed by atoms with van der Waals surface area (Å²) in [5.41, 5.74) is 1.14. The van der Waals surface area contributed by atoms with Gasteiger partial charge in [0.25, 0.3) is 0 Å². The maximum absolute atomic E-state index is 12.6. The van der Waals surface area contributed by atoms with Crippen LogP contribution in [0.1, 0.15) is 37.1 Å². The lowest BCUT2D eigenvalue weighted by Crippen LogP contribution is -2.50. The summed E-state index contributed by atoms with van der Waals surface area (Å²) < 4.78 is 0. The van der Waals surface area contributed by atoms with Crippen molar-refractivity contribution in [3.8, 4) is 0 Å². The number of carbonyl (C=O) groups excluding carboxylic acids is 1. The first-order valence-electron chi connectivity index (χ1n) is 10.2. The fraction of sp³-hybridized carbons (Fsp3) is 0.524. The summed E-state index contributed by atoms with van der Waals surface area (Å²) >= 11 is 0. The minimum Gasteiger partial charge on any atom is -0.353 e. The van der Waals surface area contributed by atoms with Crippen molar-refractivity contribution >= 4 is 23.4 Å². The Labute approximate surface area is 166 Å². The van der Waals surface area contributed by atoms with Gasteiger partial charge in [-0.25, -0.2) is 15.0 Å². The van der Waals surface area contributed by atoms with Crippen molar-refractivity contribution in [3.05, 3.63) is 35.8 Å². The summed E-state index contributed by atoms with van der Waals surface area (Å²) in [6.45, 7) is 7.07. The van der Waals surface area contributed by atoms with Gasteiger partial charge in [0.2, 0.25) is 5.91 Å². The molecule has 0 unspecified atom stereocenters. The number of rotatable bonds is 4. The molecule has 2 aromatic rings. The standard InChI is InChI=1S/C21H28N6O/c1-15-7-8-22-18(13-15)25-19-14-20(24-16(2)23-19)26-9-11-27(12-10-26)21(28)17-5-3-4-6-17/h7-8,13-14,17H,3-6,9-12H2,1-2H3,(H,22,23,24,25). The van der Waals surface area contributed by atoms with Crippen molar-refractivity contribution < 1.29 is 4.79 Å². The molecule has 1 saturated carbocycles. The zero-order chi connectivity index (χ0) is 19.5. The third-order valence-electron chi connectivity index (χ3n) is 5.62. The molecule has 2 aliphatic rings. The van der Waals surface area contributed by atoms with Crippen LogP contribution in [0.25, 0.3) is 0 Å². The minimum absolute atomic E-state index is 0.255. The molecule has 2 fully saturated rings. The molecule has 2 aromatic heterocycles. The molecule has 4 rings (SSSR count). The van der Waals surface area contributed by atoms with Crippen LogP contribution in [-0.2, 0) is 4.79 Å². The molecule has 1 N–H and O–H groups in total. The summed E-state index contributed by atoms with van der Waals surface area (Å²) in [4.78, 5) is 30.4. The largest absolute Gasteiger partial charge is 0.353 e. The van der Waals surface area contributed by atoms with Crippen molar-refractivity contribution in [1.29, 1.82) is 0 Å². The third-order valence-corrected chi connectivity index (χ3v) is 5.62. The lowest BCUT2D eigenvalue weighted by Gasteiger charge is -2.36. The summed E-state index contributed by atoms with van der Waals surface area (Å²) in [7, 11) is 0. The van der Waals surface area contributed by atoms with Crippen LogP contribution in [0.2, 0.25) is 0 Å². The van der Waals surface area contributed by atoms with Gasteiger partial charge in [0.05, 0.1) is 0 Å². The molecule has 1 aliphatic carbocycles. The number of hydrogen-bond acceptors (Lipinski definition) is 6. The lowest BCUT2D eigenvalue weighted by atomic mass is 10.1. The predicted octanol–water partition coefficient (Wildman–Crippen LogP) is 3.07. The van der Waals surface area contributed by atoms with Gasteiger partial charge < -0.3 is 15.1 Å². The molecule has 0 bridgehead atoms. The molecular formula is C21H28N6O. The third kappa shape index (κ3) is 4.24. The molecule has 28 heavy (non-hydrogen) atoms. The second-order valence-electron chi connectivity index (χ2n) is 7.80. The first-order valence-corrected chi connectivity index (χ1v) is 10.2. The van der Waals surface area contributed by atoms with Crippen molar-refractivity contribution in [2.45, 2.75) is 39.5 Å². The summed E-state index contributed by atoms with van der Waals surface area (Å²) in [6, 6.07) is 5.92. The van der Waals surface area contributed by atoms with Gasteiger partial charge in [-0.05, 0) is 44.4 Å². The molecular weight excluding hydrogens is 352 g/mol. The molecule has 3 heterocycles. The lowest BCUT2D eigenvalue weighted by molar-refractivity contribution is -0.135. The van der Waals surface area contributed by atoms with E-state index in [1.54, 1.807) is 6.20 Å². The van der Waals surface area contributed by atoms with Gasteiger partial charge >= 0.3 is 0 Å². The quantitative estimate of drug-likeness (QED) is 0.879. The molecule has 0 radical (unpaired) electrons. The number of nitrogens with one attached hydrogen (secondary N) is 1. The highest BCUT2D eigenvalue weighted by Gasteiger charge is 2.29. The van der Waals surface area contributed by atoms with E-state index < -0.39 is 0 Å². The molecule has 7 heteroatoms. The number of piperazine rings is 1. The Morgan fingerprint density at radius 2 is 1.79 bits per heavy atom. The number of carbonyl (C=O) groups is 1. The van der Waals surface area contributed by atoms with E-state index in [0.29, 0.717) is 5.91 Å². The number of anilines is 3. The highest BCUT2D eigenvalue weighted by atomic mass is 16.2. The van der Waals surface area contributed by atoms with Crippen molar-refractivity contribution in [1.82, 2.24) is 19.9 Å². The van der Waals surface area contributed by atoms with Crippen molar-refractivity contribution in [2.24, 2.45) is 5.92 Å². The van der Waals surface area contributed by atoms with Crippen LogP contribution in [-0.4, -0.2) is 51.9 Å². The first-order chi connectivity index (χ1) is 13.6. The van der Waals surface area contributed by atoms with Gasteiger partial charge in [0.1, 0.15) is 23.3 Å². The van der Waals surface area contributed by atoms with Crippen molar-refractivity contribution in [3.63, 3.8) is 0 Å². The first kappa shape index (κ1) is 18.7. The Morgan fingerprint density at radius 3 is 2.50 bits per heavy atom. The van der Waals surface area contributed by atoms with E-state index >= 15 is 0 Å². The zero-order valence-electron chi connectivity index (χ0n) is 16.7. The van der Waals surface area contributed by atoms with Gasteiger partial charge in [-0.1, -0.05) is 12.8 Å². The molecule has 1 saturated heterocycles. The smallest absolute Gasteiger partial charge is 0.225 e. The molecule has 1 aliphatic heterocycles. The molecule has 1 amide bonds. The number of pyridine rings is 1. The van der Waals surface area contributed by atoms with E-state index in [-0.39, 0.29) is 5.92 Å². The Hall–Kier alpha value is -2.70. The molecule has 0 aromatic carbocycles. The molecule has 148 valence electrons. The van der Waals surface area contributed by atoms with Gasteiger partial charge in [0, 0.05) is 44.4 Å². The minimum atomic E-state index is 0.255. The van der Waals surface area contributed by atoms with E-state index in [1.807, 2.05) is 36.9 Å². The highest BCUT2D eigenvalue weighted by molar-refractivity contribution is 5.79. The SMILES string of the molecule is Cc1ccnc(Nc2cc(N3CCN(C(=O)C4CCCC4)CC3)nc(C)n2)c1. The second-order valence-corrected chi connectivity index (χ2v) is 7.80. The van der Waals surface area contributed by atoms with E-state index in [2.05, 4.69) is 25.2 Å². The Morgan fingerprint density at radius 1 is 1.04 bits per heavy atom. The molecule has 0 atom stereocenters. The number of aromatic nitrogens is 3. The Balaban J connectivity index is 1.42. The average Bonchev–Trinajstić information content (AvgIpc) is 3.22. The van der Waals surface area contributed by atoms with E-state index in [9.17, 15) is 4.79 Å². The van der Waals surface area contributed by atoms with Crippen LogP contribution in [0.4, 0.5) is 17.5 Å². The van der Waals surface area contributed by atoms with Crippen LogP contribution in [0.15, 0.2) is 24.4 Å². The van der Waals surface area contributed by atoms with Crippen LogP contribution < -0.4 is 10.2 Å². The van der Waals surface area contributed by atoms with Crippen LogP contribution in [0, 0.1) is 19.8 Å². The fourth-order valence-electron chi connectivity index (χ4n) is 4.10. The van der Waals surface area contributed by atoms with Crippen LogP contribution in [0.3, 0.4) is 0 Å². The van der Waals surface area contributed by atoms with Gasteiger partial charge in [-0.15, -0.1) is 0 Å². The number of amides is 1. The second kappa shape index (κ2) is 8.12. The topological polar surface area (TPSA) is 74.2 Å². The average molecular weight is 380 g/mol. The molecule has 0 spiro atoms. The Bertz CT molecular complexity index is 841. The van der Waals surface area contributed by atoms with E-state index in [4.69, 9.17) is 0 Å². The summed E-state index contributed by atoms with van der Waals surface area (Å²) in [5, 5.41) is 3.28. The Kier molecular flexibility index (Phi) is 5.41. The highest BCUT2D eigenvalue weighted by Crippen LogP contribution is 2.27. The van der Waals surface area contributed by atoms with Gasteiger partial charge in [-0.2, -0.15) is 0 Å². The van der Waals surface area contributed by atoms with Crippen LogP contribution in [0.5, 0.6) is 0 Å².